The minimum absolute atomic E-state index is 0.0277. The van der Waals surface area contributed by atoms with Gasteiger partial charge in [-0.1, -0.05) is 47.5 Å². The zero-order chi connectivity index (χ0) is 24.6. The summed E-state index contributed by atoms with van der Waals surface area (Å²) in [6, 6.07) is 11.2. The largest absolute Gasteiger partial charge is 0.453 e. The minimum Gasteiger partial charge on any atom is -0.453 e. The molecule has 0 saturated carbocycles. The first-order valence-electron chi connectivity index (χ1n) is 10.8. The zero-order valence-corrected chi connectivity index (χ0v) is 21.6. The van der Waals surface area contributed by atoms with E-state index >= 15 is 0 Å². The first-order chi connectivity index (χ1) is 15.3. The summed E-state index contributed by atoms with van der Waals surface area (Å²) >= 11 is 12.4. The van der Waals surface area contributed by atoms with Crippen molar-refractivity contribution < 1.29 is 17.9 Å². The molecule has 0 spiro atoms. The summed E-state index contributed by atoms with van der Waals surface area (Å²) in [4.78, 5) is 14.6. The molecule has 0 saturated heterocycles. The van der Waals surface area contributed by atoms with Crippen molar-refractivity contribution in [2.24, 2.45) is 5.14 Å². The van der Waals surface area contributed by atoms with E-state index < -0.39 is 21.7 Å². The number of carbonyl (C=O) groups is 1. The average molecular weight is 513 g/mol. The van der Waals surface area contributed by atoms with Gasteiger partial charge in [-0.15, -0.1) is 0 Å². The second-order valence-corrected chi connectivity index (χ2v) is 11.9. The number of carbonyl (C=O) groups excluding carboxylic acids is 1. The number of ether oxygens (including phenoxy) is 1. The standard InChI is InChI=1S/C24H30Cl2N2O4S/c1-24(2,3)28(23(29)32-4)21-11-9-17(16-8-10-19(25)20(26)14-16)18-7-5-6-15(22(18)21)12-13-33(27,30)31/h5-8,10,14,17,21H,9,11-13H2,1-4H3,(H2,27,30,31)/t17-,21-/m0/s1. The van der Waals surface area contributed by atoms with Crippen LogP contribution in [0.3, 0.4) is 0 Å². The molecule has 9 heteroatoms. The fourth-order valence-corrected chi connectivity index (χ4v) is 5.55. The van der Waals surface area contributed by atoms with Crippen molar-refractivity contribution in [1.82, 2.24) is 4.90 Å². The molecule has 0 aliphatic heterocycles. The predicted molar refractivity (Wildman–Crippen MR) is 132 cm³/mol. The summed E-state index contributed by atoms with van der Waals surface area (Å²) in [6.45, 7) is 5.88. The lowest BCUT2D eigenvalue weighted by atomic mass is 9.73. The Balaban J connectivity index is 2.19. The van der Waals surface area contributed by atoms with Crippen LogP contribution in [0.4, 0.5) is 4.79 Å². The second-order valence-electron chi connectivity index (χ2n) is 9.37. The number of aryl methyl sites for hydroxylation is 1. The molecule has 180 valence electrons. The number of fused-ring (bicyclic) bond motifs is 1. The Labute approximate surface area is 206 Å². The van der Waals surface area contributed by atoms with Gasteiger partial charge in [0.05, 0.1) is 28.9 Å². The maximum atomic E-state index is 12.9. The number of nitrogens with two attached hydrogens (primary N) is 1. The van der Waals surface area contributed by atoms with Gasteiger partial charge >= 0.3 is 6.09 Å². The van der Waals surface area contributed by atoms with Crippen LogP contribution in [-0.2, 0) is 21.2 Å². The summed E-state index contributed by atoms with van der Waals surface area (Å²) < 4.78 is 28.6. The molecule has 0 aromatic heterocycles. The van der Waals surface area contributed by atoms with Crippen LogP contribution in [-0.4, -0.2) is 37.8 Å². The molecule has 3 rings (SSSR count). The van der Waals surface area contributed by atoms with Crippen molar-refractivity contribution in [3.05, 3.63) is 68.7 Å². The molecule has 0 radical (unpaired) electrons. The molecular formula is C24H30Cl2N2O4S. The summed E-state index contributed by atoms with van der Waals surface area (Å²) in [7, 11) is -2.28. The van der Waals surface area contributed by atoms with Crippen LogP contribution in [0.5, 0.6) is 0 Å². The molecule has 2 aromatic carbocycles. The highest BCUT2D eigenvalue weighted by atomic mass is 35.5. The van der Waals surface area contributed by atoms with Crippen LogP contribution < -0.4 is 5.14 Å². The van der Waals surface area contributed by atoms with Crippen molar-refractivity contribution in [3.8, 4) is 0 Å². The molecule has 2 atom stereocenters. The number of hydrogen-bond acceptors (Lipinski definition) is 4. The van der Waals surface area contributed by atoms with Gasteiger partial charge in [0.25, 0.3) is 0 Å². The van der Waals surface area contributed by atoms with E-state index in [0.717, 1.165) is 28.7 Å². The van der Waals surface area contributed by atoms with Crippen LogP contribution in [0.25, 0.3) is 0 Å². The molecule has 33 heavy (non-hydrogen) atoms. The molecule has 1 aliphatic rings. The number of benzene rings is 2. The highest BCUT2D eigenvalue weighted by Crippen LogP contribution is 2.47. The van der Waals surface area contributed by atoms with E-state index in [-0.39, 0.29) is 24.1 Å². The molecule has 0 fully saturated rings. The van der Waals surface area contributed by atoms with Gasteiger partial charge in [-0.05, 0) is 74.4 Å². The Bertz CT molecular complexity index is 1150. The highest BCUT2D eigenvalue weighted by molar-refractivity contribution is 7.89. The number of primary sulfonamides is 1. The number of nitrogens with zero attached hydrogens (tertiary/aromatic N) is 1. The Kier molecular flexibility index (Phi) is 7.68. The number of methoxy groups -OCH3 is 1. The van der Waals surface area contributed by atoms with Crippen molar-refractivity contribution in [1.29, 1.82) is 0 Å². The average Bonchev–Trinajstić information content (AvgIpc) is 2.72. The number of amides is 1. The lowest BCUT2D eigenvalue weighted by Crippen LogP contribution is -2.49. The molecule has 1 aliphatic carbocycles. The van der Waals surface area contributed by atoms with Gasteiger partial charge in [0.2, 0.25) is 10.0 Å². The Morgan fingerprint density at radius 1 is 1.15 bits per heavy atom. The van der Waals surface area contributed by atoms with Crippen LogP contribution >= 0.6 is 23.2 Å². The van der Waals surface area contributed by atoms with Gasteiger partial charge in [-0.3, -0.25) is 4.90 Å². The Morgan fingerprint density at radius 2 is 1.85 bits per heavy atom. The molecular weight excluding hydrogens is 483 g/mol. The minimum atomic E-state index is -3.65. The summed E-state index contributed by atoms with van der Waals surface area (Å²) in [5, 5.41) is 6.27. The quantitative estimate of drug-likeness (QED) is 0.559. The summed E-state index contributed by atoms with van der Waals surface area (Å²) in [6.07, 6.45) is 1.29. The molecule has 2 N–H and O–H groups in total. The maximum Gasteiger partial charge on any atom is 0.410 e. The Hall–Kier alpha value is -1.80. The van der Waals surface area contributed by atoms with Gasteiger partial charge in [0.1, 0.15) is 0 Å². The van der Waals surface area contributed by atoms with Gasteiger partial charge in [-0.25, -0.2) is 18.4 Å². The van der Waals surface area contributed by atoms with Gasteiger partial charge in [0.15, 0.2) is 0 Å². The molecule has 1 amide bonds. The lowest BCUT2D eigenvalue weighted by molar-refractivity contribution is 0.0500. The van der Waals surface area contributed by atoms with Gasteiger partial charge < -0.3 is 4.74 Å². The molecule has 0 unspecified atom stereocenters. The van der Waals surface area contributed by atoms with E-state index in [1.165, 1.54) is 7.11 Å². The Morgan fingerprint density at radius 3 is 2.42 bits per heavy atom. The van der Waals surface area contributed by atoms with Gasteiger partial charge in [-0.2, -0.15) is 0 Å². The van der Waals surface area contributed by atoms with E-state index in [9.17, 15) is 13.2 Å². The van der Waals surface area contributed by atoms with Crippen molar-refractivity contribution in [2.75, 3.05) is 12.9 Å². The first kappa shape index (κ1) is 25.8. The topological polar surface area (TPSA) is 89.7 Å². The van der Waals surface area contributed by atoms with Crippen molar-refractivity contribution in [3.63, 3.8) is 0 Å². The van der Waals surface area contributed by atoms with E-state index in [1.807, 2.05) is 51.1 Å². The molecule has 0 bridgehead atoms. The fraction of sp³-hybridized carbons (Fsp3) is 0.458. The molecule has 6 nitrogen and oxygen atoms in total. The van der Waals surface area contributed by atoms with Crippen molar-refractivity contribution in [2.45, 2.75) is 57.5 Å². The zero-order valence-electron chi connectivity index (χ0n) is 19.3. The molecule has 0 heterocycles. The van der Waals surface area contributed by atoms with E-state index in [2.05, 4.69) is 0 Å². The van der Waals surface area contributed by atoms with E-state index in [1.54, 1.807) is 11.0 Å². The molecule has 2 aromatic rings. The highest BCUT2D eigenvalue weighted by Gasteiger charge is 2.40. The monoisotopic (exact) mass is 512 g/mol. The summed E-state index contributed by atoms with van der Waals surface area (Å²) in [5.41, 5.74) is 3.35. The number of hydrogen-bond donors (Lipinski definition) is 1. The summed E-state index contributed by atoms with van der Waals surface area (Å²) in [5.74, 6) is -0.152. The smallest absolute Gasteiger partial charge is 0.410 e. The fourth-order valence-electron chi connectivity index (χ4n) is 4.74. The van der Waals surface area contributed by atoms with Crippen LogP contribution in [0.15, 0.2) is 36.4 Å². The van der Waals surface area contributed by atoms with Crippen LogP contribution in [0.2, 0.25) is 10.0 Å². The SMILES string of the molecule is COC(=O)N([C@H]1CC[C@@H](c2ccc(Cl)c(Cl)c2)c2cccc(CCS(N)(=O)=O)c21)C(C)(C)C. The number of rotatable bonds is 5. The van der Waals surface area contributed by atoms with E-state index in [4.69, 9.17) is 33.1 Å². The predicted octanol–water partition coefficient (Wildman–Crippen LogP) is 5.66. The second kappa shape index (κ2) is 9.82. The number of halogens is 2. The normalized spacial score (nSPS) is 18.5. The van der Waals surface area contributed by atoms with Crippen molar-refractivity contribution >= 4 is 39.3 Å². The first-order valence-corrected chi connectivity index (χ1v) is 13.2. The number of sulfonamides is 1. The third-order valence-corrected chi connectivity index (χ3v) is 7.59. The third kappa shape index (κ3) is 5.83. The third-order valence-electron chi connectivity index (χ3n) is 6.08. The van der Waals surface area contributed by atoms with Crippen LogP contribution in [0.1, 0.15) is 67.8 Å². The van der Waals surface area contributed by atoms with E-state index in [0.29, 0.717) is 16.5 Å². The van der Waals surface area contributed by atoms with Crippen LogP contribution in [0, 0.1) is 0 Å². The maximum absolute atomic E-state index is 12.9. The lowest BCUT2D eigenvalue weighted by Gasteiger charge is -2.45. The van der Waals surface area contributed by atoms with Gasteiger partial charge in [0, 0.05) is 11.5 Å².